The molecule has 0 spiro atoms. The number of carbonyl (C=O) groups is 1. The van der Waals surface area contributed by atoms with Gasteiger partial charge in [0.2, 0.25) is 0 Å². The van der Waals surface area contributed by atoms with Gasteiger partial charge in [0.15, 0.2) is 11.6 Å². The van der Waals surface area contributed by atoms with Crippen molar-refractivity contribution in [3.63, 3.8) is 0 Å². The molecule has 34 heavy (non-hydrogen) atoms. The van der Waals surface area contributed by atoms with Crippen LogP contribution in [0.3, 0.4) is 0 Å². The molecule has 1 N–H and O–H groups in total. The van der Waals surface area contributed by atoms with Crippen molar-refractivity contribution < 1.29 is 22.4 Å². The van der Waals surface area contributed by atoms with Gasteiger partial charge in [-0.3, -0.25) is 9.78 Å². The zero-order valence-corrected chi connectivity index (χ0v) is 19.2. The van der Waals surface area contributed by atoms with Crippen LogP contribution in [-0.4, -0.2) is 17.4 Å². The second kappa shape index (κ2) is 9.46. The first-order valence-electron chi connectivity index (χ1n) is 10.4. The molecule has 1 heterocycles. The second-order valence-electron chi connectivity index (χ2n) is 7.90. The van der Waals surface area contributed by atoms with E-state index in [1.807, 2.05) is 6.92 Å². The molecule has 0 saturated heterocycles. The average molecular weight is 485 g/mol. The number of alkyl halides is 2. The number of nitrogens with one attached hydrogen (secondary N) is 1. The lowest BCUT2D eigenvalue weighted by Gasteiger charge is -2.20. The zero-order valence-electron chi connectivity index (χ0n) is 18.3. The smallest absolute Gasteiger partial charge is 0.290 e. The first-order chi connectivity index (χ1) is 16.2. The molecule has 3 nitrogen and oxygen atoms in total. The quantitative estimate of drug-likeness (QED) is 0.306. The zero-order chi connectivity index (χ0) is 24.5. The summed E-state index contributed by atoms with van der Waals surface area (Å²) in [5.74, 6) is -6.03. The first kappa shape index (κ1) is 23.8. The lowest BCUT2D eigenvalue weighted by molar-refractivity contribution is -0.00308. The van der Waals surface area contributed by atoms with Crippen molar-refractivity contribution in [3.05, 3.63) is 101 Å². The topological polar surface area (TPSA) is 42.0 Å². The van der Waals surface area contributed by atoms with Gasteiger partial charge in [-0.05, 0) is 43.7 Å². The molecule has 0 atom stereocenters. The van der Waals surface area contributed by atoms with Gasteiger partial charge in [-0.25, -0.2) is 8.78 Å². The molecule has 0 fully saturated rings. The molecule has 174 valence electrons. The number of nitrogens with zero attached hydrogens (tertiary/aromatic N) is 1. The SMILES string of the molecule is Cc1ccc(C(F)(F)CNC(=O)c2c(Sc3ccc(F)c(F)c3)cnc3ccccc23)c(C)c1. The van der Waals surface area contributed by atoms with Crippen molar-refractivity contribution in [1.82, 2.24) is 10.3 Å². The van der Waals surface area contributed by atoms with Gasteiger partial charge in [0.25, 0.3) is 11.8 Å². The fourth-order valence-electron chi connectivity index (χ4n) is 3.70. The Morgan fingerprint density at radius 1 is 1.00 bits per heavy atom. The minimum Gasteiger partial charge on any atom is -0.346 e. The number of hydrogen-bond acceptors (Lipinski definition) is 3. The molecule has 0 bridgehead atoms. The number of aromatic nitrogens is 1. The Balaban J connectivity index is 1.67. The Labute approximate surface area is 198 Å². The van der Waals surface area contributed by atoms with Crippen molar-refractivity contribution in [2.75, 3.05) is 6.54 Å². The van der Waals surface area contributed by atoms with Crippen LogP contribution in [0.2, 0.25) is 0 Å². The van der Waals surface area contributed by atoms with Crippen molar-refractivity contribution in [3.8, 4) is 0 Å². The summed E-state index contributed by atoms with van der Waals surface area (Å²) in [4.78, 5) is 18.2. The monoisotopic (exact) mass is 484 g/mol. The highest BCUT2D eigenvalue weighted by Gasteiger charge is 2.34. The van der Waals surface area contributed by atoms with Crippen molar-refractivity contribution in [2.24, 2.45) is 0 Å². The standard InChI is InChI=1S/C26H20F4N2OS/c1-15-7-9-19(16(2)11-15)26(29,30)14-32-25(33)24-18-5-3-4-6-22(18)31-13-23(24)34-17-8-10-20(27)21(28)12-17/h3-13H,14H2,1-2H3,(H,32,33). The summed E-state index contributed by atoms with van der Waals surface area (Å²) in [5, 5.41) is 2.81. The number of carbonyl (C=O) groups excluding carboxylic acids is 1. The van der Waals surface area contributed by atoms with Crippen molar-refractivity contribution >= 4 is 28.6 Å². The Morgan fingerprint density at radius 2 is 1.76 bits per heavy atom. The van der Waals surface area contributed by atoms with Gasteiger partial charge in [0.1, 0.15) is 0 Å². The van der Waals surface area contributed by atoms with Crippen LogP contribution in [0, 0.1) is 25.5 Å². The molecule has 0 aliphatic rings. The maximum absolute atomic E-state index is 15.0. The highest BCUT2D eigenvalue weighted by molar-refractivity contribution is 7.99. The third kappa shape index (κ3) is 4.92. The van der Waals surface area contributed by atoms with Gasteiger partial charge in [-0.1, -0.05) is 53.7 Å². The Hall–Kier alpha value is -3.39. The Morgan fingerprint density at radius 3 is 2.50 bits per heavy atom. The summed E-state index contributed by atoms with van der Waals surface area (Å²) in [6.07, 6.45) is 1.42. The van der Waals surface area contributed by atoms with E-state index in [9.17, 15) is 22.4 Å². The molecule has 0 aliphatic heterocycles. The maximum atomic E-state index is 15.0. The number of benzene rings is 3. The molecular weight excluding hydrogens is 464 g/mol. The molecule has 0 unspecified atom stereocenters. The molecule has 0 aliphatic carbocycles. The number of hydrogen-bond donors (Lipinski definition) is 1. The van der Waals surface area contributed by atoms with E-state index >= 15 is 0 Å². The average Bonchev–Trinajstić information content (AvgIpc) is 2.79. The number of halogens is 4. The summed E-state index contributed by atoms with van der Waals surface area (Å²) in [6, 6.07) is 14.8. The number of rotatable bonds is 6. The Kier molecular flexibility index (Phi) is 6.61. The lowest BCUT2D eigenvalue weighted by atomic mass is 10.00. The summed E-state index contributed by atoms with van der Waals surface area (Å²) in [5.41, 5.74) is 1.78. The Bertz CT molecular complexity index is 1390. The van der Waals surface area contributed by atoms with Crippen LogP contribution in [0.1, 0.15) is 27.0 Å². The lowest BCUT2D eigenvalue weighted by Crippen LogP contribution is -2.35. The van der Waals surface area contributed by atoms with E-state index < -0.39 is 30.0 Å². The highest BCUT2D eigenvalue weighted by Crippen LogP contribution is 2.35. The number of pyridine rings is 1. The van der Waals surface area contributed by atoms with Crippen LogP contribution in [0.5, 0.6) is 0 Å². The predicted molar refractivity (Wildman–Crippen MR) is 124 cm³/mol. The third-order valence-corrected chi connectivity index (χ3v) is 6.35. The van der Waals surface area contributed by atoms with Crippen LogP contribution in [0.25, 0.3) is 10.9 Å². The first-order valence-corrected chi connectivity index (χ1v) is 11.2. The van der Waals surface area contributed by atoms with Gasteiger partial charge in [-0.15, -0.1) is 0 Å². The molecule has 0 radical (unpaired) electrons. The molecule has 4 rings (SSSR count). The number of fused-ring (bicyclic) bond motifs is 1. The van der Waals surface area contributed by atoms with Gasteiger partial charge < -0.3 is 5.32 Å². The maximum Gasteiger partial charge on any atom is 0.290 e. The molecule has 0 saturated carbocycles. The highest BCUT2D eigenvalue weighted by atomic mass is 32.2. The fraction of sp³-hybridized carbons (Fsp3) is 0.154. The molecule has 1 amide bonds. The second-order valence-corrected chi connectivity index (χ2v) is 9.01. The van der Waals surface area contributed by atoms with E-state index in [4.69, 9.17) is 0 Å². The van der Waals surface area contributed by atoms with E-state index in [1.54, 1.807) is 43.3 Å². The molecule has 1 aromatic heterocycles. The molecule has 3 aromatic carbocycles. The van der Waals surface area contributed by atoms with Gasteiger partial charge in [0.05, 0.1) is 17.6 Å². The van der Waals surface area contributed by atoms with Crippen LogP contribution >= 0.6 is 11.8 Å². The van der Waals surface area contributed by atoms with Crippen LogP contribution in [0.15, 0.2) is 76.7 Å². The van der Waals surface area contributed by atoms with Gasteiger partial charge in [-0.2, -0.15) is 8.78 Å². The molecular formula is C26H20F4N2OS. The van der Waals surface area contributed by atoms with Crippen LogP contribution < -0.4 is 5.32 Å². The van der Waals surface area contributed by atoms with Crippen molar-refractivity contribution in [2.45, 2.75) is 29.6 Å². The van der Waals surface area contributed by atoms with Crippen LogP contribution in [-0.2, 0) is 5.92 Å². The number of amides is 1. The largest absolute Gasteiger partial charge is 0.346 e. The third-order valence-electron chi connectivity index (χ3n) is 5.33. The predicted octanol–water partition coefficient (Wildman–Crippen LogP) is 6.80. The van der Waals surface area contributed by atoms with Crippen LogP contribution in [0.4, 0.5) is 17.6 Å². The summed E-state index contributed by atoms with van der Waals surface area (Å²) in [6.45, 7) is 2.52. The van der Waals surface area contributed by atoms with E-state index in [0.29, 0.717) is 26.3 Å². The van der Waals surface area contributed by atoms with E-state index in [-0.39, 0.29) is 11.1 Å². The normalized spacial score (nSPS) is 11.6. The van der Waals surface area contributed by atoms with Crippen molar-refractivity contribution in [1.29, 1.82) is 0 Å². The summed E-state index contributed by atoms with van der Waals surface area (Å²) < 4.78 is 56.9. The molecule has 4 aromatic rings. The summed E-state index contributed by atoms with van der Waals surface area (Å²) >= 11 is 0.997. The van der Waals surface area contributed by atoms with Gasteiger partial charge in [0, 0.05) is 26.9 Å². The van der Waals surface area contributed by atoms with E-state index in [1.165, 1.54) is 18.3 Å². The van der Waals surface area contributed by atoms with Gasteiger partial charge >= 0.3 is 0 Å². The summed E-state index contributed by atoms with van der Waals surface area (Å²) in [7, 11) is 0. The van der Waals surface area contributed by atoms with E-state index in [2.05, 4.69) is 10.3 Å². The van der Waals surface area contributed by atoms with E-state index in [0.717, 1.165) is 29.5 Å². The minimum absolute atomic E-state index is 0.136. The minimum atomic E-state index is -3.29. The number of aryl methyl sites for hydroxylation is 2. The molecule has 8 heteroatoms. The number of para-hydroxylation sites is 1. The fourth-order valence-corrected chi connectivity index (χ4v) is 4.66.